The topological polar surface area (TPSA) is 66.4 Å². The third-order valence-electron chi connectivity index (χ3n) is 1.38. The van der Waals surface area contributed by atoms with Crippen LogP contribution in [-0.4, -0.2) is 35.0 Å². The van der Waals surface area contributed by atoms with Gasteiger partial charge in [-0.25, -0.2) is 4.79 Å². The molecule has 0 radical (unpaired) electrons. The smallest absolute Gasteiger partial charge is 0.326 e. The Hall–Kier alpha value is -0.490. The maximum Gasteiger partial charge on any atom is 0.326 e. The number of hydrogen-bond acceptors (Lipinski definition) is 3. The summed E-state index contributed by atoms with van der Waals surface area (Å²) in [6.45, 7) is 3.65. The van der Waals surface area contributed by atoms with Crippen molar-refractivity contribution in [3.63, 3.8) is 0 Å². The van der Waals surface area contributed by atoms with E-state index in [1.807, 2.05) is 0 Å². The van der Waals surface area contributed by atoms with E-state index in [2.05, 4.69) is 27.8 Å². The molecule has 0 aromatic carbocycles. The van der Waals surface area contributed by atoms with E-state index in [1.165, 1.54) is 0 Å². The van der Waals surface area contributed by atoms with Crippen LogP contribution in [0.15, 0.2) is 11.1 Å². The minimum atomic E-state index is -1.00. The van der Waals surface area contributed by atoms with E-state index in [1.54, 1.807) is 11.8 Å². The normalized spacial score (nSPS) is 11.8. The van der Waals surface area contributed by atoms with Gasteiger partial charge >= 0.3 is 5.97 Å². The lowest BCUT2D eigenvalue weighted by Gasteiger charge is -2.09. The first-order valence-corrected chi connectivity index (χ1v) is 5.86. The summed E-state index contributed by atoms with van der Waals surface area (Å²) in [6, 6.07) is -0.788. The molecule has 0 heterocycles. The second-order valence-electron chi connectivity index (χ2n) is 2.53. The van der Waals surface area contributed by atoms with Gasteiger partial charge in [-0.1, -0.05) is 22.5 Å². The summed E-state index contributed by atoms with van der Waals surface area (Å²) in [5, 5.41) is 10.9. The SMILES string of the molecule is C=C(Br)CSCCC(NC=O)C(=O)O. The van der Waals surface area contributed by atoms with Crippen molar-refractivity contribution in [1.82, 2.24) is 5.32 Å². The van der Waals surface area contributed by atoms with Gasteiger partial charge in [0.05, 0.1) is 0 Å². The van der Waals surface area contributed by atoms with Gasteiger partial charge in [-0.3, -0.25) is 4.79 Å². The van der Waals surface area contributed by atoms with Crippen molar-refractivity contribution in [2.75, 3.05) is 11.5 Å². The Bertz CT molecular complexity index is 223. The molecular formula is C8H12BrNO3S. The minimum absolute atomic E-state index is 0.410. The summed E-state index contributed by atoms with van der Waals surface area (Å²) < 4.78 is 0.873. The van der Waals surface area contributed by atoms with Crippen LogP contribution in [-0.2, 0) is 9.59 Å². The standard InChI is InChI=1S/C8H12BrNO3S/c1-6(9)4-14-3-2-7(8(12)13)10-5-11/h5,7H,1-4H2,(H,10,11)(H,12,13). The maximum atomic E-state index is 10.6. The fourth-order valence-electron chi connectivity index (χ4n) is 0.744. The maximum absolute atomic E-state index is 10.6. The highest BCUT2D eigenvalue weighted by molar-refractivity contribution is 9.11. The minimum Gasteiger partial charge on any atom is -0.480 e. The van der Waals surface area contributed by atoms with E-state index in [0.717, 1.165) is 10.2 Å². The molecular weight excluding hydrogens is 270 g/mol. The Morgan fingerprint density at radius 3 is 2.79 bits per heavy atom. The number of nitrogens with one attached hydrogen (secondary N) is 1. The summed E-state index contributed by atoms with van der Waals surface area (Å²) >= 11 is 4.77. The molecule has 0 fully saturated rings. The van der Waals surface area contributed by atoms with Crippen molar-refractivity contribution >= 4 is 40.1 Å². The van der Waals surface area contributed by atoms with Crippen molar-refractivity contribution in [1.29, 1.82) is 0 Å². The molecule has 1 unspecified atom stereocenters. The van der Waals surface area contributed by atoms with E-state index in [9.17, 15) is 9.59 Å². The summed E-state index contributed by atoms with van der Waals surface area (Å²) in [7, 11) is 0. The molecule has 1 amide bonds. The molecule has 6 heteroatoms. The molecule has 14 heavy (non-hydrogen) atoms. The highest BCUT2D eigenvalue weighted by atomic mass is 79.9. The number of thioether (sulfide) groups is 1. The predicted octanol–water partition coefficient (Wildman–Crippen LogP) is 1.22. The zero-order valence-corrected chi connectivity index (χ0v) is 9.94. The number of hydrogen-bond donors (Lipinski definition) is 2. The predicted molar refractivity (Wildman–Crippen MR) is 60.6 cm³/mol. The lowest BCUT2D eigenvalue weighted by Crippen LogP contribution is -2.36. The Morgan fingerprint density at radius 1 is 1.71 bits per heavy atom. The summed E-state index contributed by atoms with van der Waals surface area (Å²) in [4.78, 5) is 20.6. The van der Waals surface area contributed by atoms with Gasteiger partial charge in [-0.15, -0.1) is 0 Å². The van der Waals surface area contributed by atoms with Crippen LogP contribution in [0, 0.1) is 0 Å². The molecule has 0 aromatic rings. The zero-order valence-electron chi connectivity index (χ0n) is 7.53. The van der Waals surface area contributed by atoms with Crippen molar-refractivity contribution in [2.24, 2.45) is 0 Å². The van der Waals surface area contributed by atoms with Crippen LogP contribution in [0.1, 0.15) is 6.42 Å². The Balaban J connectivity index is 3.66. The van der Waals surface area contributed by atoms with Gasteiger partial charge in [-0.05, 0) is 16.7 Å². The highest BCUT2D eigenvalue weighted by Gasteiger charge is 2.15. The fraction of sp³-hybridized carbons (Fsp3) is 0.500. The van der Waals surface area contributed by atoms with Gasteiger partial charge in [0.15, 0.2) is 0 Å². The average Bonchev–Trinajstić information content (AvgIpc) is 2.09. The van der Waals surface area contributed by atoms with E-state index in [0.29, 0.717) is 18.6 Å². The lowest BCUT2D eigenvalue weighted by atomic mass is 10.2. The number of carboxylic acids is 1. The number of amides is 1. The molecule has 0 aliphatic carbocycles. The van der Waals surface area contributed by atoms with E-state index in [4.69, 9.17) is 5.11 Å². The number of carboxylic acid groups (broad SMARTS) is 1. The second-order valence-corrected chi connectivity index (χ2v) is 4.76. The van der Waals surface area contributed by atoms with Crippen LogP contribution in [0.25, 0.3) is 0 Å². The molecule has 80 valence electrons. The van der Waals surface area contributed by atoms with Crippen molar-refractivity contribution < 1.29 is 14.7 Å². The molecule has 0 rings (SSSR count). The number of carbonyl (C=O) groups is 2. The van der Waals surface area contributed by atoms with Crippen molar-refractivity contribution in [2.45, 2.75) is 12.5 Å². The summed E-state index contributed by atoms with van der Waals surface area (Å²) in [6.07, 6.45) is 0.825. The van der Waals surface area contributed by atoms with Crippen LogP contribution in [0.2, 0.25) is 0 Å². The van der Waals surface area contributed by atoms with Gasteiger partial charge in [0.1, 0.15) is 6.04 Å². The molecule has 0 aliphatic heterocycles. The molecule has 0 saturated carbocycles. The van der Waals surface area contributed by atoms with E-state index in [-0.39, 0.29) is 0 Å². The van der Waals surface area contributed by atoms with Crippen molar-refractivity contribution in [3.05, 3.63) is 11.1 Å². The largest absolute Gasteiger partial charge is 0.480 e. The molecule has 0 saturated heterocycles. The first kappa shape index (κ1) is 13.5. The molecule has 0 bridgehead atoms. The van der Waals surface area contributed by atoms with Crippen LogP contribution in [0.5, 0.6) is 0 Å². The van der Waals surface area contributed by atoms with Gasteiger partial charge < -0.3 is 10.4 Å². The van der Waals surface area contributed by atoms with Crippen LogP contribution < -0.4 is 5.32 Å². The quantitative estimate of drug-likeness (QED) is 0.519. The van der Waals surface area contributed by atoms with Gasteiger partial charge in [0.2, 0.25) is 6.41 Å². The van der Waals surface area contributed by atoms with Crippen LogP contribution in [0.4, 0.5) is 0 Å². The second kappa shape index (κ2) is 7.87. The third-order valence-corrected chi connectivity index (χ3v) is 3.11. The Labute approximate surface area is 95.3 Å². The van der Waals surface area contributed by atoms with E-state index >= 15 is 0 Å². The molecule has 2 N–H and O–H groups in total. The fourth-order valence-corrected chi connectivity index (χ4v) is 2.00. The number of carbonyl (C=O) groups excluding carboxylic acids is 1. The van der Waals surface area contributed by atoms with Gasteiger partial charge in [0, 0.05) is 5.75 Å². The van der Waals surface area contributed by atoms with Crippen LogP contribution >= 0.6 is 27.7 Å². The molecule has 0 aromatic heterocycles. The first-order valence-electron chi connectivity index (χ1n) is 3.91. The zero-order chi connectivity index (χ0) is 11.0. The van der Waals surface area contributed by atoms with Gasteiger partial charge in [-0.2, -0.15) is 11.8 Å². The van der Waals surface area contributed by atoms with E-state index < -0.39 is 12.0 Å². The number of rotatable bonds is 8. The summed E-state index contributed by atoms with van der Waals surface area (Å²) in [5.41, 5.74) is 0. The average molecular weight is 282 g/mol. The molecule has 0 spiro atoms. The Kier molecular flexibility index (Phi) is 7.60. The number of aliphatic carboxylic acids is 1. The molecule has 1 atom stereocenters. The van der Waals surface area contributed by atoms with Crippen molar-refractivity contribution in [3.8, 4) is 0 Å². The van der Waals surface area contributed by atoms with Crippen LogP contribution in [0.3, 0.4) is 0 Å². The third kappa shape index (κ3) is 6.97. The highest BCUT2D eigenvalue weighted by Crippen LogP contribution is 2.12. The number of halogens is 1. The summed E-state index contributed by atoms with van der Waals surface area (Å²) in [5.74, 6) is 0.408. The first-order chi connectivity index (χ1) is 6.57. The molecule has 4 nitrogen and oxygen atoms in total. The van der Waals surface area contributed by atoms with Gasteiger partial charge in [0.25, 0.3) is 0 Å². The lowest BCUT2D eigenvalue weighted by molar-refractivity contribution is -0.140. The monoisotopic (exact) mass is 281 g/mol. The molecule has 0 aliphatic rings. The Morgan fingerprint density at radius 2 is 2.36 bits per heavy atom.